The standard InChI is InChI=1S/C8H14N2S/c9-3-1-4-10-6-8-2-5-11-7-8/h8,10H,1-2,4-7H2. The van der Waals surface area contributed by atoms with Crippen LogP contribution in [0.25, 0.3) is 0 Å². The van der Waals surface area contributed by atoms with E-state index in [9.17, 15) is 0 Å². The number of nitriles is 1. The van der Waals surface area contributed by atoms with Gasteiger partial charge >= 0.3 is 0 Å². The monoisotopic (exact) mass is 170 g/mol. The first-order chi connectivity index (χ1) is 5.43. The third kappa shape index (κ3) is 3.64. The molecule has 0 amide bonds. The molecular weight excluding hydrogens is 156 g/mol. The Morgan fingerprint density at radius 1 is 1.64 bits per heavy atom. The molecule has 62 valence electrons. The largest absolute Gasteiger partial charge is 0.315 e. The lowest BCUT2D eigenvalue weighted by Gasteiger charge is -2.07. The molecule has 1 unspecified atom stereocenters. The van der Waals surface area contributed by atoms with Gasteiger partial charge in [-0.25, -0.2) is 0 Å². The fourth-order valence-electron chi connectivity index (χ4n) is 1.19. The molecule has 1 saturated heterocycles. The van der Waals surface area contributed by atoms with Crippen LogP contribution >= 0.6 is 11.8 Å². The van der Waals surface area contributed by atoms with Gasteiger partial charge in [0.25, 0.3) is 0 Å². The molecule has 0 saturated carbocycles. The van der Waals surface area contributed by atoms with Gasteiger partial charge in [-0.3, -0.25) is 0 Å². The molecule has 1 N–H and O–H groups in total. The second-order valence-electron chi connectivity index (χ2n) is 2.84. The maximum atomic E-state index is 8.26. The normalized spacial score (nSPS) is 23.4. The third-order valence-electron chi connectivity index (χ3n) is 1.87. The highest BCUT2D eigenvalue weighted by atomic mass is 32.2. The average Bonchev–Trinajstić information content (AvgIpc) is 2.50. The van der Waals surface area contributed by atoms with Gasteiger partial charge < -0.3 is 5.32 Å². The molecule has 1 atom stereocenters. The van der Waals surface area contributed by atoms with Crippen LogP contribution in [-0.2, 0) is 0 Å². The van der Waals surface area contributed by atoms with E-state index in [1.165, 1.54) is 17.9 Å². The van der Waals surface area contributed by atoms with Crippen molar-refractivity contribution in [2.45, 2.75) is 12.8 Å². The van der Waals surface area contributed by atoms with E-state index in [0.717, 1.165) is 19.0 Å². The molecule has 11 heavy (non-hydrogen) atoms. The number of thioether (sulfide) groups is 1. The van der Waals surface area contributed by atoms with Crippen molar-refractivity contribution in [2.75, 3.05) is 24.6 Å². The summed E-state index contributed by atoms with van der Waals surface area (Å²) in [5, 5.41) is 11.6. The molecule has 0 radical (unpaired) electrons. The van der Waals surface area contributed by atoms with Gasteiger partial charge in [-0.2, -0.15) is 17.0 Å². The van der Waals surface area contributed by atoms with Gasteiger partial charge in [0.2, 0.25) is 0 Å². The molecular formula is C8H14N2S. The zero-order valence-electron chi connectivity index (χ0n) is 6.68. The Morgan fingerprint density at radius 2 is 2.55 bits per heavy atom. The van der Waals surface area contributed by atoms with Crippen LogP contribution in [0, 0.1) is 17.2 Å². The molecule has 0 aliphatic carbocycles. The zero-order chi connectivity index (χ0) is 7.94. The van der Waals surface area contributed by atoms with Crippen LogP contribution in [0.5, 0.6) is 0 Å². The Balaban J connectivity index is 1.90. The summed E-state index contributed by atoms with van der Waals surface area (Å²) >= 11 is 2.04. The third-order valence-corrected chi connectivity index (χ3v) is 3.10. The van der Waals surface area contributed by atoms with Crippen molar-refractivity contribution in [2.24, 2.45) is 5.92 Å². The number of nitrogens with one attached hydrogen (secondary N) is 1. The van der Waals surface area contributed by atoms with E-state index >= 15 is 0 Å². The van der Waals surface area contributed by atoms with E-state index in [2.05, 4.69) is 11.4 Å². The first-order valence-electron chi connectivity index (χ1n) is 4.09. The van der Waals surface area contributed by atoms with Crippen LogP contribution in [0.15, 0.2) is 0 Å². The molecule has 0 aromatic heterocycles. The van der Waals surface area contributed by atoms with Crippen LogP contribution in [0.1, 0.15) is 12.8 Å². The highest BCUT2D eigenvalue weighted by Gasteiger charge is 2.13. The van der Waals surface area contributed by atoms with Crippen molar-refractivity contribution >= 4 is 11.8 Å². The summed E-state index contributed by atoms with van der Waals surface area (Å²) in [6, 6.07) is 2.13. The van der Waals surface area contributed by atoms with Crippen molar-refractivity contribution in [1.82, 2.24) is 5.32 Å². The van der Waals surface area contributed by atoms with E-state index in [-0.39, 0.29) is 0 Å². The average molecular weight is 170 g/mol. The number of hydrogen-bond acceptors (Lipinski definition) is 3. The fourth-order valence-corrected chi connectivity index (χ4v) is 2.48. The van der Waals surface area contributed by atoms with Crippen LogP contribution in [-0.4, -0.2) is 24.6 Å². The Kier molecular flexibility index (Phi) is 4.41. The number of rotatable bonds is 4. The fraction of sp³-hybridized carbons (Fsp3) is 0.875. The smallest absolute Gasteiger partial charge is 0.0635 e. The maximum absolute atomic E-state index is 8.26. The minimum Gasteiger partial charge on any atom is -0.315 e. The van der Waals surface area contributed by atoms with E-state index in [1.807, 2.05) is 11.8 Å². The minimum absolute atomic E-state index is 0.639. The second-order valence-corrected chi connectivity index (χ2v) is 3.99. The Labute approximate surface area is 72.4 Å². The van der Waals surface area contributed by atoms with Crippen molar-refractivity contribution in [3.05, 3.63) is 0 Å². The summed E-state index contributed by atoms with van der Waals surface area (Å²) in [7, 11) is 0. The van der Waals surface area contributed by atoms with Crippen molar-refractivity contribution in [3.8, 4) is 6.07 Å². The Morgan fingerprint density at radius 3 is 3.18 bits per heavy atom. The van der Waals surface area contributed by atoms with Gasteiger partial charge in [-0.1, -0.05) is 0 Å². The van der Waals surface area contributed by atoms with E-state index in [4.69, 9.17) is 5.26 Å². The highest BCUT2D eigenvalue weighted by molar-refractivity contribution is 7.99. The lowest BCUT2D eigenvalue weighted by atomic mass is 10.1. The minimum atomic E-state index is 0.639. The summed E-state index contributed by atoms with van der Waals surface area (Å²) in [5.74, 6) is 3.49. The molecule has 0 aromatic rings. The summed E-state index contributed by atoms with van der Waals surface area (Å²) in [5.41, 5.74) is 0. The number of nitrogens with zero attached hydrogens (tertiary/aromatic N) is 1. The van der Waals surface area contributed by atoms with Crippen LogP contribution in [0.3, 0.4) is 0 Å². The molecule has 1 fully saturated rings. The van der Waals surface area contributed by atoms with Gasteiger partial charge in [0, 0.05) is 13.0 Å². The van der Waals surface area contributed by atoms with Gasteiger partial charge in [0.15, 0.2) is 0 Å². The molecule has 0 aromatic carbocycles. The van der Waals surface area contributed by atoms with E-state index in [1.54, 1.807) is 0 Å². The zero-order valence-corrected chi connectivity index (χ0v) is 7.49. The maximum Gasteiger partial charge on any atom is 0.0635 e. The second kappa shape index (κ2) is 5.45. The summed E-state index contributed by atoms with van der Waals surface area (Å²) < 4.78 is 0. The van der Waals surface area contributed by atoms with Gasteiger partial charge in [-0.05, 0) is 30.4 Å². The molecule has 1 heterocycles. The Bertz CT molecular complexity index is 136. The van der Waals surface area contributed by atoms with Crippen molar-refractivity contribution < 1.29 is 0 Å². The molecule has 0 spiro atoms. The molecule has 3 heteroatoms. The predicted molar refractivity (Wildman–Crippen MR) is 48.5 cm³/mol. The lowest BCUT2D eigenvalue weighted by Crippen LogP contribution is -2.23. The van der Waals surface area contributed by atoms with E-state index in [0.29, 0.717) is 6.42 Å². The van der Waals surface area contributed by atoms with Crippen LogP contribution < -0.4 is 5.32 Å². The summed E-state index contributed by atoms with van der Waals surface area (Å²) in [6.07, 6.45) is 1.99. The molecule has 2 nitrogen and oxygen atoms in total. The van der Waals surface area contributed by atoms with E-state index < -0.39 is 0 Å². The van der Waals surface area contributed by atoms with Gasteiger partial charge in [-0.15, -0.1) is 0 Å². The predicted octanol–water partition coefficient (Wildman–Crippen LogP) is 1.24. The lowest BCUT2D eigenvalue weighted by molar-refractivity contribution is 0.528. The quantitative estimate of drug-likeness (QED) is 0.645. The van der Waals surface area contributed by atoms with Crippen LogP contribution in [0.4, 0.5) is 0 Å². The first-order valence-corrected chi connectivity index (χ1v) is 5.24. The molecule has 0 bridgehead atoms. The molecule has 1 aliphatic heterocycles. The van der Waals surface area contributed by atoms with Crippen molar-refractivity contribution in [1.29, 1.82) is 5.26 Å². The van der Waals surface area contributed by atoms with Crippen molar-refractivity contribution in [3.63, 3.8) is 0 Å². The Hall–Kier alpha value is -0.200. The van der Waals surface area contributed by atoms with Crippen LogP contribution in [0.2, 0.25) is 0 Å². The number of hydrogen-bond donors (Lipinski definition) is 1. The van der Waals surface area contributed by atoms with Gasteiger partial charge in [0.1, 0.15) is 0 Å². The molecule has 1 rings (SSSR count). The van der Waals surface area contributed by atoms with Gasteiger partial charge in [0.05, 0.1) is 6.07 Å². The summed E-state index contributed by atoms with van der Waals surface area (Å²) in [6.45, 7) is 1.96. The summed E-state index contributed by atoms with van der Waals surface area (Å²) in [4.78, 5) is 0. The topological polar surface area (TPSA) is 35.8 Å². The first kappa shape index (κ1) is 8.89. The highest BCUT2D eigenvalue weighted by Crippen LogP contribution is 2.22. The SMILES string of the molecule is N#CCCNCC1CCSC1. The molecule has 1 aliphatic rings.